The number of rotatable bonds is 4. The van der Waals surface area contributed by atoms with Crippen molar-refractivity contribution in [3.05, 3.63) is 64.3 Å². The molecule has 0 amide bonds. The Balaban J connectivity index is 2.29. The molecule has 0 bridgehead atoms. The first-order valence-corrected chi connectivity index (χ1v) is 7.49. The molecular weight excluding hydrogens is 308 g/mol. The van der Waals surface area contributed by atoms with Gasteiger partial charge in [-0.05, 0) is 31.5 Å². The lowest BCUT2D eigenvalue weighted by atomic mass is 10.1. The lowest BCUT2D eigenvalue weighted by Gasteiger charge is -2.14. The Kier molecular flexibility index (Phi) is 4.08. The summed E-state index contributed by atoms with van der Waals surface area (Å²) < 4.78 is 11.3. The molecule has 24 heavy (non-hydrogen) atoms. The van der Waals surface area contributed by atoms with Crippen molar-refractivity contribution in [2.45, 2.75) is 20.0 Å². The van der Waals surface area contributed by atoms with E-state index in [2.05, 4.69) is 0 Å². The summed E-state index contributed by atoms with van der Waals surface area (Å²) in [5.41, 5.74) is 1.65. The second kappa shape index (κ2) is 6.20. The highest BCUT2D eigenvalue weighted by Gasteiger charge is 2.22. The third kappa shape index (κ3) is 2.88. The van der Waals surface area contributed by atoms with Crippen LogP contribution in [0.2, 0.25) is 0 Å². The SMILES string of the molecule is Cc1ccc2c(=O)c(OC(C)C(=O)O)c(-c3ccccc3)oc2c1. The van der Waals surface area contributed by atoms with E-state index in [1.165, 1.54) is 6.92 Å². The van der Waals surface area contributed by atoms with Crippen molar-refractivity contribution in [1.82, 2.24) is 0 Å². The molecule has 2 aromatic carbocycles. The topological polar surface area (TPSA) is 76.7 Å². The van der Waals surface area contributed by atoms with Crippen LogP contribution in [0.1, 0.15) is 12.5 Å². The molecule has 0 spiro atoms. The van der Waals surface area contributed by atoms with Gasteiger partial charge in [0.25, 0.3) is 0 Å². The molecule has 0 saturated carbocycles. The van der Waals surface area contributed by atoms with Crippen molar-refractivity contribution >= 4 is 16.9 Å². The Morgan fingerprint density at radius 1 is 1.17 bits per heavy atom. The van der Waals surface area contributed by atoms with Gasteiger partial charge in [-0.2, -0.15) is 0 Å². The van der Waals surface area contributed by atoms with E-state index in [9.17, 15) is 9.59 Å². The zero-order chi connectivity index (χ0) is 17.3. The van der Waals surface area contributed by atoms with E-state index in [1.807, 2.05) is 13.0 Å². The number of carbonyl (C=O) groups is 1. The molecule has 1 aromatic heterocycles. The average Bonchev–Trinajstić information content (AvgIpc) is 2.57. The van der Waals surface area contributed by atoms with Gasteiger partial charge in [0.2, 0.25) is 11.2 Å². The van der Waals surface area contributed by atoms with Gasteiger partial charge in [0.15, 0.2) is 11.9 Å². The summed E-state index contributed by atoms with van der Waals surface area (Å²) in [4.78, 5) is 23.9. The number of carboxylic acid groups (broad SMARTS) is 1. The number of aryl methyl sites for hydroxylation is 1. The fourth-order valence-electron chi connectivity index (χ4n) is 2.40. The lowest BCUT2D eigenvalue weighted by Crippen LogP contribution is -2.26. The van der Waals surface area contributed by atoms with Crippen LogP contribution in [0.15, 0.2) is 57.7 Å². The third-order valence-corrected chi connectivity index (χ3v) is 3.68. The van der Waals surface area contributed by atoms with Crippen molar-refractivity contribution in [1.29, 1.82) is 0 Å². The highest BCUT2D eigenvalue weighted by molar-refractivity contribution is 5.83. The van der Waals surface area contributed by atoms with E-state index in [1.54, 1.807) is 42.5 Å². The Hall–Kier alpha value is -3.08. The number of aliphatic carboxylic acids is 1. The minimum Gasteiger partial charge on any atom is -0.479 e. The van der Waals surface area contributed by atoms with Crippen molar-refractivity contribution in [3.63, 3.8) is 0 Å². The molecule has 1 N–H and O–H groups in total. The van der Waals surface area contributed by atoms with Gasteiger partial charge in [0.1, 0.15) is 5.58 Å². The minimum absolute atomic E-state index is 0.0903. The van der Waals surface area contributed by atoms with E-state index >= 15 is 0 Å². The Morgan fingerprint density at radius 3 is 2.54 bits per heavy atom. The highest BCUT2D eigenvalue weighted by atomic mass is 16.5. The molecule has 5 heteroatoms. The Bertz CT molecular complexity index is 957. The predicted octanol–water partition coefficient (Wildman–Crippen LogP) is 3.62. The summed E-state index contributed by atoms with van der Waals surface area (Å²) in [5.74, 6) is -1.02. The van der Waals surface area contributed by atoms with E-state index < -0.39 is 12.1 Å². The van der Waals surface area contributed by atoms with Crippen LogP contribution in [0.5, 0.6) is 5.75 Å². The van der Waals surface area contributed by atoms with Crippen LogP contribution in [0.25, 0.3) is 22.3 Å². The summed E-state index contributed by atoms with van der Waals surface area (Å²) >= 11 is 0. The molecule has 3 rings (SSSR count). The zero-order valence-corrected chi connectivity index (χ0v) is 13.3. The van der Waals surface area contributed by atoms with E-state index in [0.29, 0.717) is 16.5 Å². The maximum Gasteiger partial charge on any atom is 0.344 e. The second-order valence-corrected chi connectivity index (χ2v) is 5.55. The number of hydrogen-bond acceptors (Lipinski definition) is 4. The maximum absolute atomic E-state index is 12.8. The molecule has 1 heterocycles. The summed E-state index contributed by atoms with van der Waals surface area (Å²) in [7, 11) is 0. The van der Waals surface area contributed by atoms with Gasteiger partial charge in [0.05, 0.1) is 5.39 Å². The summed E-state index contributed by atoms with van der Waals surface area (Å²) in [5, 5.41) is 9.44. The van der Waals surface area contributed by atoms with Gasteiger partial charge >= 0.3 is 5.97 Å². The maximum atomic E-state index is 12.8. The minimum atomic E-state index is -1.17. The Labute approximate surface area is 138 Å². The second-order valence-electron chi connectivity index (χ2n) is 5.55. The molecule has 5 nitrogen and oxygen atoms in total. The normalized spacial score (nSPS) is 12.1. The quantitative estimate of drug-likeness (QED) is 0.793. The molecule has 1 unspecified atom stereocenters. The van der Waals surface area contributed by atoms with Crippen LogP contribution in [-0.2, 0) is 4.79 Å². The number of ether oxygens (including phenoxy) is 1. The fourth-order valence-corrected chi connectivity index (χ4v) is 2.40. The van der Waals surface area contributed by atoms with Gasteiger partial charge in [0, 0.05) is 5.56 Å². The van der Waals surface area contributed by atoms with E-state index in [4.69, 9.17) is 14.3 Å². The van der Waals surface area contributed by atoms with Crippen molar-refractivity contribution in [3.8, 4) is 17.1 Å². The first-order chi connectivity index (χ1) is 11.5. The molecule has 1 atom stereocenters. The molecule has 3 aromatic rings. The lowest BCUT2D eigenvalue weighted by molar-refractivity contribution is -0.144. The smallest absolute Gasteiger partial charge is 0.344 e. The largest absolute Gasteiger partial charge is 0.479 e. The van der Waals surface area contributed by atoms with Crippen LogP contribution in [-0.4, -0.2) is 17.2 Å². The monoisotopic (exact) mass is 324 g/mol. The van der Waals surface area contributed by atoms with Gasteiger partial charge < -0.3 is 14.3 Å². The number of hydrogen-bond donors (Lipinski definition) is 1. The highest BCUT2D eigenvalue weighted by Crippen LogP contribution is 2.31. The van der Waals surface area contributed by atoms with Gasteiger partial charge in [-0.25, -0.2) is 4.79 Å². The van der Waals surface area contributed by atoms with Gasteiger partial charge in [-0.1, -0.05) is 36.4 Å². The van der Waals surface area contributed by atoms with Crippen molar-refractivity contribution in [2.75, 3.05) is 0 Å². The summed E-state index contributed by atoms with van der Waals surface area (Å²) in [6.07, 6.45) is -1.17. The van der Waals surface area contributed by atoms with Crippen LogP contribution in [0.3, 0.4) is 0 Å². The predicted molar refractivity (Wildman–Crippen MR) is 90.4 cm³/mol. The average molecular weight is 324 g/mol. The molecule has 122 valence electrons. The van der Waals surface area contributed by atoms with Crippen LogP contribution in [0, 0.1) is 6.92 Å². The molecule has 0 aliphatic heterocycles. The first kappa shape index (κ1) is 15.8. The molecule has 0 saturated heterocycles. The molecule has 0 aliphatic carbocycles. The summed E-state index contributed by atoms with van der Waals surface area (Å²) in [6.45, 7) is 3.27. The molecule has 0 radical (unpaired) electrons. The van der Waals surface area contributed by atoms with Crippen molar-refractivity contribution in [2.24, 2.45) is 0 Å². The standard InChI is InChI=1S/C19H16O5/c1-11-8-9-14-15(10-11)24-17(13-6-4-3-5-7-13)18(16(14)20)23-12(2)19(21)22/h3-10,12H,1-2H3,(H,21,22). The van der Waals surface area contributed by atoms with Gasteiger partial charge in [-0.15, -0.1) is 0 Å². The van der Waals surface area contributed by atoms with Gasteiger partial charge in [-0.3, -0.25) is 4.79 Å². The van der Waals surface area contributed by atoms with E-state index in [0.717, 1.165) is 5.56 Å². The summed E-state index contributed by atoms with van der Waals surface area (Å²) in [6, 6.07) is 14.2. The van der Waals surface area contributed by atoms with E-state index in [-0.39, 0.29) is 16.9 Å². The van der Waals surface area contributed by atoms with Crippen LogP contribution < -0.4 is 10.2 Å². The van der Waals surface area contributed by atoms with Crippen molar-refractivity contribution < 1.29 is 19.1 Å². The fraction of sp³-hybridized carbons (Fsp3) is 0.158. The molecular formula is C19H16O5. The number of carboxylic acids is 1. The zero-order valence-electron chi connectivity index (χ0n) is 13.3. The molecule has 0 fully saturated rings. The number of benzene rings is 2. The van der Waals surface area contributed by atoms with Crippen LogP contribution in [0.4, 0.5) is 0 Å². The first-order valence-electron chi connectivity index (χ1n) is 7.49. The Morgan fingerprint density at radius 2 is 1.88 bits per heavy atom. The molecule has 0 aliphatic rings. The third-order valence-electron chi connectivity index (χ3n) is 3.68. The number of fused-ring (bicyclic) bond motifs is 1. The van der Waals surface area contributed by atoms with Crippen LogP contribution >= 0.6 is 0 Å².